The van der Waals surface area contributed by atoms with Crippen LogP contribution in [0.5, 0.6) is 0 Å². The van der Waals surface area contributed by atoms with Gasteiger partial charge in [-0.25, -0.2) is 13.1 Å². The van der Waals surface area contributed by atoms with Gasteiger partial charge in [0.1, 0.15) is 0 Å². The first-order valence-corrected chi connectivity index (χ1v) is 9.23. The molecule has 1 amide bonds. The van der Waals surface area contributed by atoms with E-state index in [2.05, 4.69) is 10.0 Å². The van der Waals surface area contributed by atoms with Crippen molar-refractivity contribution in [3.63, 3.8) is 0 Å². The number of carbonyl (C=O) groups excluding carboxylic acids is 1. The molecule has 7 heteroatoms. The zero-order valence-electron chi connectivity index (χ0n) is 14.2. The van der Waals surface area contributed by atoms with Gasteiger partial charge in [0.15, 0.2) is 0 Å². The van der Waals surface area contributed by atoms with Crippen LogP contribution in [-0.4, -0.2) is 26.9 Å². The van der Waals surface area contributed by atoms with Crippen molar-refractivity contribution in [2.24, 2.45) is 17.6 Å². The number of carbonyl (C=O) groups is 1. The van der Waals surface area contributed by atoms with Crippen LogP contribution in [0.2, 0.25) is 0 Å². The molecule has 0 aliphatic carbocycles. The van der Waals surface area contributed by atoms with Crippen molar-refractivity contribution >= 4 is 15.9 Å². The van der Waals surface area contributed by atoms with Crippen molar-refractivity contribution in [2.45, 2.75) is 45.2 Å². The maximum Gasteiger partial charge on any atom is 0.240 e. The smallest absolute Gasteiger partial charge is 0.240 e. The molecule has 0 unspecified atom stereocenters. The molecule has 0 aliphatic heterocycles. The first-order valence-electron chi connectivity index (χ1n) is 7.75. The lowest BCUT2D eigenvalue weighted by Gasteiger charge is -2.15. The third-order valence-corrected chi connectivity index (χ3v) is 4.84. The van der Waals surface area contributed by atoms with Gasteiger partial charge in [-0.1, -0.05) is 39.8 Å². The SMILES string of the molecule is CC(C)CNS(=O)(=O)c1ccc(CNC(=O)[C@@H](N)C(C)C)cc1. The molecule has 23 heavy (non-hydrogen) atoms. The summed E-state index contributed by atoms with van der Waals surface area (Å²) in [7, 11) is -3.49. The van der Waals surface area contributed by atoms with E-state index in [0.29, 0.717) is 13.1 Å². The number of nitrogens with two attached hydrogens (primary N) is 1. The van der Waals surface area contributed by atoms with Gasteiger partial charge in [-0.2, -0.15) is 0 Å². The standard InChI is InChI=1S/C16H27N3O3S/c1-11(2)9-19-23(21,22)14-7-5-13(6-8-14)10-18-16(20)15(17)12(3)4/h5-8,11-12,15,19H,9-10,17H2,1-4H3,(H,18,20)/t15-/m0/s1. The molecule has 130 valence electrons. The van der Waals surface area contributed by atoms with Gasteiger partial charge in [0.05, 0.1) is 10.9 Å². The Bertz CT molecular complexity index is 610. The summed E-state index contributed by atoms with van der Waals surface area (Å²) in [5.41, 5.74) is 6.58. The molecule has 0 fully saturated rings. The lowest BCUT2D eigenvalue weighted by molar-refractivity contribution is -0.123. The molecule has 0 aliphatic rings. The summed E-state index contributed by atoms with van der Waals surface area (Å²) in [6, 6.07) is 5.89. The second-order valence-corrected chi connectivity index (χ2v) is 8.14. The Hall–Kier alpha value is -1.44. The third-order valence-electron chi connectivity index (χ3n) is 3.40. The molecule has 0 bridgehead atoms. The molecule has 0 radical (unpaired) electrons. The monoisotopic (exact) mass is 341 g/mol. The molecule has 0 heterocycles. The fourth-order valence-corrected chi connectivity index (χ4v) is 2.97. The molecule has 1 atom stereocenters. The third kappa shape index (κ3) is 6.29. The number of amides is 1. The van der Waals surface area contributed by atoms with E-state index in [-0.39, 0.29) is 22.6 Å². The fraction of sp³-hybridized carbons (Fsp3) is 0.562. The predicted octanol–water partition coefficient (Wildman–Crippen LogP) is 1.22. The molecule has 1 aromatic carbocycles. The number of hydrogen-bond acceptors (Lipinski definition) is 4. The fourth-order valence-electron chi connectivity index (χ4n) is 1.76. The minimum Gasteiger partial charge on any atom is -0.351 e. The highest BCUT2D eigenvalue weighted by molar-refractivity contribution is 7.89. The maximum atomic E-state index is 12.1. The summed E-state index contributed by atoms with van der Waals surface area (Å²) in [6.45, 7) is 8.36. The number of benzene rings is 1. The molecular formula is C16H27N3O3S. The van der Waals surface area contributed by atoms with Crippen LogP contribution >= 0.6 is 0 Å². The lowest BCUT2D eigenvalue weighted by atomic mass is 10.0. The van der Waals surface area contributed by atoms with E-state index < -0.39 is 16.1 Å². The highest BCUT2D eigenvalue weighted by Gasteiger charge is 2.17. The van der Waals surface area contributed by atoms with E-state index >= 15 is 0 Å². The Morgan fingerprint density at radius 3 is 2.17 bits per heavy atom. The number of hydrogen-bond donors (Lipinski definition) is 3. The average Bonchev–Trinajstić information content (AvgIpc) is 2.50. The van der Waals surface area contributed by atoms with Crippen molar-refractivity contribution in [1.29, 1.82) is 0 Å². The molecule has 1 rings (SSSR count). The summed E-state index contributed by atoms with van der Waals surface area (Å²) in [5.74, 6) is 0.0919. The van der Waals surface area contributed by atoms with Crippen molar-refractivity contribution in [1.82, 2.24) is 10.0 Å². The van der Waals surface area contributed by atoms with Crippen molar-refractivity contribution in [2.75, 3.05) is 6.54 Å². The van der Waals surface area contributed by atoms with Gasteiger partial charge >= 0.3 is 0 Å². The van der Waals surface area contributed by atoms with Gasteiger partial charge in [-0.15, -0.1) is 0 Å². The Balaban J connectivity index is 2.65. The average molecular weight is 341 g/mol. The summed E-state index contributed by atoms with van der Waals surface area (Å²) in [6.07, 6.45) is 0. The molecule has 1 aromatic rings. The molecule has 6 nitrogen and oxygen atoms in total. The topological polar surface area (TPSA) is 101 Å². The molecular weight excluding hydrogens is 314 g/mol. The largest absolute Gasteiger partial charge is 0.351 e. The highest BCUT2D eigenvalue weighted by atomic mass is 32.2. The Kier molecular flexibility index (Phi) is 7.18. The van der Waals surface area contributed by atoms with Gasteiger partial charge in [0, 0.05) is 13.1 Å². The van der Waals surface area contributed by atoms with E-state index in [1.807, 2.05) is 27.7 Å². The van der Waals surface area contributed by atoms with Crippen molar-refractivity contribution in [3.8, 4) is 0 Å². The molecule has 0 aromatic heterocycles. The van der Waals surface area contributed by atoms with E-state index in [0.717, 1.165) is 5.56 Å². The second-order valence-electron chi connectivity index (χ2n) is 6.38. The number of rotatable bonds is 8. The molecule has 4 N–H and O–H groups in total. The molecule has 0 saturated heterocycles. The summed E-state index contributed by atoms with van der Waals surface area (Å²) in [5, 5.41) is 2.75. The van der Waals surface area contributed by atoms with E-state index in [1.54, 1.807) is 12.1 Å². The van der Waals surface area contributed by atoms with Gasteiger partial charge in [0.2, 0.25) is 15.9 Å². The number of sulfonamides is 1. The normalized spacial score (nSPS) is 13.3. The van der Waals surface area contributed by atoms with Crippen LogP contribution in [0.25, 0.3) is 0 Å². The Morgan fingerprint density at radius 2 is 1.70 bits per heavy atom. The first-order chi connectivity index (χ1) is 10.6. The van der Waals surface area contributed by atoms with Crippen LogP contribution in [0.1, 0.15) is 33.3 Å². The molecule has 0 saturated carbocycles. The molecule has 0 spiro atoms. The van der Waals surface area contributed by atoms with E-state index in [4.69, 9.17) is 5.73 Å². The number of nitrogens with one attached hydrogen (secondary N) is 2. The minimum absolute atomic E-state index is 0.0644. The summed E-state index contributed by atoms with van der Waals surface area (Å²) < 4.78 is 26.7. The Labute approximate surface area is 138 Å². The minimum atomic E-state index is -3.49. The summed E-state index contributed by atoms with van der Waals surface area (Å²) in [4.78, 5) is 12.0. The quantitative estimate of drug-likeness (QED) is 0.662. The summed E-state index contributed by atoms with van der Waals surface area (Å²) >= 11 is 0. The lowest BCUT2D eigenvalue weighted by Crippen LogP contribution is -2.43. The second kappa shape index (κ2) is 8.42. The maximum absolute atomic E-state index is 12.1. The van der Waals surface area contributed by atoms with E-state index in [9.17, 15) is 13.2 Å². The van der Waals surface area contributed by atoms with Crippen LogP contribution in [-0.2, 0) is 21.4 Å². The van der Waals surface area contributed by atoms with E-state index in [1.165, 1.54) is 12.1 Å². The van der Waals surface area contributed by atoms with Crippen molar-refractivity contribution in [3.05, 3.63) is 29.8 Å². The van der Waals surface area contributed by atoms with Crippen LogP contribution in [0.15, 0.2) is 29.2 Å². The van der Waals surface area contributed by atoms with Crippen LogP contribution in [0.4, 0.5) is 0 Å². The van der Waals surface area contributed by atoms with Gasteiger partial charge in [0.25, 0.3) is 0 Å². The van der Waals surface area contributed by atoms with Gasteiger partial charge in [-0.3, -0.25) is 4.79 Å². The van der Waals surface area contributed by atoms with Gasteiger partial charge in [-0.05, 0) is 29.5 Å². The predicted molar refractivity (Wildman–Crippen MR) is 91.1 cm³/mol. The zero-order chi connectivity index (χ0) is 17.6. The van der Waals surface area contributed by atoms with Crippen LogP contribution in [0, 0.1) is 11.8 Å². The van der Waals surface area contributed by atoms with Crippen LogP contribution in [0.3, 0.4) is 0 Å². The highest BCUT2D eigenvalue weighted by Crippen LogP contribution is 2.11. The zero-order valence-corrected chi connectivity index (χ0v) is 15.0. The van der Waals surface area contributed by atoms with Crippen LogP contribution < -0.4 is 15.8 Å². The van der Waals surface area contributed by atoms with Gasteiger partial charge < -0.3 is 11.1 Å². The van der Waals surface area contributed by atoms with Crippen molar-refractivity contribution < 1.29 is 13.2 Å². The Morgan fingerprint density at radius 1 is 1.13 bits per heavy atom. The first kappa shape index (κ1) is 19.6.